The molecule has 0 amide bonds. The van der Waals surface area contributed by atoms with Crippen LogP contribution in [0.1, 0.15) is 120 Å². The molecule has 28 heteroatoms. The predicted molar refractivity (Wildman–Crippen MR) is 284 cm³/mol. The van der Waals surface area contributed by atoms with Gasteiger partial charge in [0.1, 0.15) is 97.3 Å². The van der Waals surface area contributed by atoms with Crippen LogP contribution < -0.4 is 0 Å². The summed E-state index contributed by atoms with van der Waals surface area (Å²) in [5.74, 6) is -0.738. The van der Waals surface area contributed by atoms with Crippen molar-refractivity contribution in [3.8, 4) is 0 Å². The molecule has 484 valence electrons. The highest BCUT2D eigenvalue weighted by Crippen LogP contribution is 2.67. The van der Waals surface area contributed by atoms with Crippen molar-refractivity contribution in [2.75, 3.05) is 6.61 Å². The third-order valence-corrected chi connectivity index (χ3v) is 20.8. The Labute approximate surface area is 489 Å². The molecule has 0 radical (unpaired) electrons. The SMILES string of the molecule is CC(C)CC(=O)CC(C)(O)[C@H]1CCC2C3C[C@H](OC4OC(C)C(O)C(OC5OCC(OC6OC(C)C(O)C(O)C6OC6OC(C)C(O)C(O)C6O)C(O)C5OC5OC(C)C(O)C(O)C5O)C4O)C4C[C@@H](OS(=O)(=O)O)CC[C@]4(C)C3=CC[C@@]21C. The second kappa shape index (κ2) is 25.6. The zero-order valence-electron chi connectivity index (χ0n) is 49.0. The first-order chi connectivity index (χ1) is 39.1. The Balaban J connectivity index is 0.978. The van der Waals surface area contributed by atoms with E-state index in [4.69, 9.17) is 51.6 Å². The van der Waals surface area contributed by atoms with Gasteiger partial charge in [0.15, 0.2) is 31.5 Å². The molecule has 0 aromatic carbocycles. The van der Waals surface area contributed by atoms with Crippen LogP contribution in [0.4, 0.5) is 0 Å². The van der Waals surface area contributed by atoms with Gasteiger partial charge in [-0.3, -0.25) is 9.35 Å². The maximum absolute atomic E-state index is 13.2. The molecule has 4 aliphatic carbocycles. The summed E-state index contributed by atoms with van der Waals surface area (Å²) in [5, 5.41) is 135. The molecule has 0 aromatic rings. The summed E-state index contributed by atoms with van der Waals surface area (Å²) in [4.78, 5) is 13.2. The smallest absolute Gasteiger partial charge is 0.389 e. The van der Waals surface area contributed by atoms with Crippen LogP contribution in [0.3, 0.4) is 0 Å². The molecule has 13 N–H and O–H groups in total. The third kappa shape index (κ3) is 13.1. The van der Waals surface area contributed by atoms with Crippen molar-refractivity contribution in [2.24, 2.45) is 40.4 Å². The molecule has 28 unspecified atom stereocenters. The fourth-order valence-electron chi connectivity index (χ4n) is 15.7. The molecule has 5 saturated heterocycles. The van der Waals surface area contributed by atoms with Crippen LogP contribution in [-0.4, -0.2) is 252 Å². The van der Waals surface area contributed by atoms with E-state index in [0.717, 1.165) is 12.0 Å². The highest BCUT2D eigenvalue weighted by atomic mass is 32.3. The second-order valence-corrected chi connectivity index (χ2v) is 27.7. The van der Waals surface area contributed by atoms with E-state index in [2.05, 4.69) is 19.9 Å². The highest BCUT2D eigenvalue weighted by molar-refractivity contribution is 7.80. The number of aliphatic hydroxyl groups is 12. The van der Waals surface area contributed by atoms with Gasteiger partial charge in [-0.1, -0.05) is 39.3 Å². The fourth-order valence-corrected chi connectivity index (χ4v) is 16.2. The molecule has 5 aliphatic heterocycles. The van der Waals surface area contributed by atoms with Gasteiger partial charge in [-0.2, -0.15) is 8.42 Å². The van der Waals surface area contributed by atoms with Gasteiger partial charge in [-0.15, -0.1) is 0 Å². The van der Waals surface area contributed by atoms with E-state index in [1.807, 2.05) is 13.8 Å². The van der Waals surface area contributed by atoms with Gasteiger partial charge in [-0.05, 0) is 120 Å². The topological polar surface area (TPSA) is 416 Å². The number of hydrogen-bond acceptors (Lipinski definition) is 26. The summed E-state index contributed by atoms with van der Waals surface area (Å²) in [6.45, 7) is 15.0. The van der Waals surface area contributed by atoms with Crippen LogP contribution in [0.15, 0.2) is 11.6 Å². The van der Waals surface area contributed by atoms with Crippen molar-refractivity contribution in [3.63, 3.8) is 0 Å². The Kier molecular flexibility index (Phi) is 20.4. The number of hydrogen-bond donors (Lipinski definition) is 13. The third-order valence-electron chi connectivity index (χ3n) is 20.3. The maximum atomic E-state index is 13.2. The average Bonchev–Trinajstić information content (AvgIpc) is 1.36. The number of rotatable bonds is 17. The van der Waals surface area contributed by atoms with Gasteiger partial charge < -0.3 is 109 Å². The molecule has 0 bridgehead atoms. The van der Waals surface area contributed by atoms with Crippen LogP contribution in [0, 0.1) is 40.4 Å². The largest absolute Gasteiger partial charge is 0.397 e. The van der Waals surface area contributed by atoms with Crippen LogP contribution in [0.5, 0.6) is 0 Å². The summed E-state index contributed by atoms with van der Waals surface area (Å²) >= 11 is 0. The van der Waals surface area contributed by atoms with Crippen molar-refractivity contribution in [1.82, 2.24) is 0 Å². The zero-order valence-corrected chi connectivity index (χ0v) is 49.8. The summed E-state index contributed by atoms with van der Waals surface area (Å²) in [6, 6.07) is 0. The molecule has 84 heavy (non-hydrogen) atoms. The molecular weight excluding hydrogens is 1140 g/mol. The fraction of sp³-hybridized carbons (Fsp3) is 0.946. The Morgan fingerprint density at radius 3 is 1.70 bits per heavy atom. The van der Waals surface area contributed by atoms with Crippen molar-refractivity contribution < 1.29 is 131 Å². The quantitative estimate of drug-likeness (QED) is 0.0573. The van der Waals surface area contributed by atoms with Crippen LogP contribution in [0.2, 0.25) is 0 Å². The predicted octanol–water partition coefficient (Wildman–Crippen LogP) is -1.65. The number of fused-ring (bicyclic) bond motifs is 5. The molecule has 8 fully saturated rings. The van der Waals surface area contributed by atoms with Crippen molar-refractivity contribution in [3.05, 3.63) is 11.6 Å². The highest BCUT2D eigenvalue weighted by Gasteiger charge is 2.64. The zero-order chi connectivity index (χ0) is 61.6. The number of Topliss-reactive ketones (excluding diaryl/α,β-unsaturated/α-hetero) is 1. The van der Waals surface area contributed by atoms with E-state index in [0.29, 0.717) is 32.1 Å². The number of aliphatic hydroxyl groups excluding tert-OH is 11. The molecule has 9 rings (SSSR count). The van der Waals surface area contributed by atoms with E-state index < -0.39 is 199 Å². The van der Waals surface area contributed by atoms with Crippen molar-refractivity contribution in [2.45, 2.75) is 285 Å². The summed E-state index contributed by atoms with van der Waals surface area (Å²) in [6.07, 6.45) is -35.2. The average molecular weight is 1230 g/mol. The molecule has 3 saturated carbocycles. The minimum Gasteiger partial charge on any atom is -0.389 e. The number of carbonyl (C=O) groups is 1. The van der Waals surface area contributed by atoms with Crippen LogP contribution in [-0.2, 0) is 66.7 Å². The van der Waals surface area contributed by atoms with Gasteiger partial charge >= 0.3 is 10.4 Å². The lowest BCUT2D eigenvalue weighted by Crippen LogP contribution is -2.66. The number of carbonyl (C=O) groups excluding carboxylic acids is 1. The second-order valence-electron chi connectivity index (χ2n) is 26.7. The van der Waals surface area contributed by atoms with Crippen molar-refractivity contribution in [1.29, 1.82) is 0 Å². The van der Waals surface area contributed by atoms with E-state index in [9.17, 15) is 79.0 Å². The standard InChI is InChI=1S/C56H92O27S/c1-21(2)16-26(57)19-56(9,69)34-11-10-29-28-18-32(31-17-27(83-84(70,71)72)12-14-54(31,7)30(28)13-15-55(29,34)8)78-51-45(68)46(38(61)25(6)76-51)80-52-47(81-49-43(66)40(63)35(58)22(3)74-49)39(62)33(20-73-52)79-53-48(42(65)37(60)24(5)77-53)82-50-44(67)41(64)36(59)23(4)75-50/h13,21-25,27-29,31-53,58-69H,10-12,14-20H2,1-9H3,(H,70,71,72)/t22?,23?,24?,25?,27-,28?,29?,31?,32-,33?,34-,35?,36?,37?,38?,39?,40?,41?,42?,43?,44?,45?,46?,47?,48?,49?,50?,51?,52?,53?,54+,55-,56?/m0/s1. The first kappa shape index (κ1) is 66.8. The van der Waals surface area contributed by atoms with E-state index in [-0.39, 0.29) is 48.7 Å². The molecule has 0 spiro atoms. The van der Waals surface area contributed by atoms with E-state index >= 15 is 0 Å². The minimum atomic E-state index is -4.87. The summed E-state index contributed by atoms with van der Waals surface area (Å²) in [7, 11) is -4.87. The molecule has 27 nitrogen and oxygen atoms in total. The lowest BCUT2D eigenvalue weighted by molar-refractivity contribution is -0.397. The number of allylic oxidation sites excluding steroid dienone is 2. The number of ketones is 1. The Bertz CT molecular complexity index is 2400. The summed E-state index contributed by atoms with van der Waals surface area (Å²) < 4.78 is 101. The Hall–Kier alpha value is -1.60. The Morgan fingerprint density at radius 2 is 1.13 bits per heavy atom. The Morgan fingerprint density at radius 1 is 0.619 bits per heavy atom. The molecule has 0 aromatic heterocycles. The monoisotopic (exact) mass is 1230 g/mol. The van der Waals surface area contributed by atoms with Gasteiger partial charge in [0.05, 0.1) is 48.8 Å². The first-order valence-electron chi connectivity index (χ1n) is 29.7. The van der Waals surface area contributed by atoms with E-state index in [1.54, 1.807) is 6.92 Å². The molecule has 9 aliphatic rings. The van der Waals surface area contributed by atoms with Gasteiger partial charge in [0.25, 0.3) is 0 Å². The lowest BCUT2D eigenvalue weighted by atomic mass is 9.47. The van der Waals surface area contributed by atoms with Crippen LogP contribution in [0.25, 0.3) is 0 Å². The van der Waals surface area contributed by atoms with E-state index in [1.165, 1.54) is 27.7 Å². The summed E-state index contributed by atoms with van der Waals surface area (Å²) in [5.41, 5.74) is -1.22. The maximum Gasteiger partial charge on any atom is 0.397 e. The molecule has 5 heterocycles. The molecular formula is C56H92O27S. The van der Waals surface area contributed by atoms with Gasteiger partial charge in [-0.25, -0.2) is 4.18 Å². The normalized spacial score (nSPS) is 51.7. The molecule has 33 atom stereocenters. The van der Waals surface area contributed by atoms with Crippen molar-refractivity contribution >= 4 is 16.2 Å². The first-order valence-corrected chi connectivity index (χ1v) is 31.1. The lowest BCUT2D eigenvalue weighted by Gasteiger charge is -2.60. The van der Waals surface area contributed by atoms with Gasteiger partial charge in [0, 0.05) is 12.8 Å². The minimum absolute atomic E-state index is 0.00676. The van der Waals surface area contributed by atoms with Gasteiger partial charge in [0.2, 0.25) is 0 Å². The number of ether oxygens (including phenoxy) is 10. The van der Waals surface area contributed by atoms with Crippen LogP contribution >= 0.6 is 0 Å².